The third-order valence-electron chi connectivity index (χ3n) is 5.04. The minimum atomic E-state index is -0.254. The zero-order valence-corrected chi connectivity index (χ0v) is 17.1. The van der Waals surface area contributed by atoms with Crippen LogP contribution in [0.1, 0.15) is 41.7 Å². The summed E-state index contributed by atoms with van der Waals surface area (Å²) >= 11 is 0. The average Bonchev–Trinajstić information content (AvgIpc) is 3.27. The highest BCUT2D eigenvalue weighted by Crippen LogP contribution is 2.19. The number of nitrogens with zero attached hydrogens (tertiary/aromatic N) is 1. The van der Waals surface area contributed by atoms with Crippen LogP contribution in [0.25, 0.3) is 0 Å². The van der Waals surface area contributed by atoms with Crippen molar-refractivity contribution in [2.45, 2.75) is 31.9 Å². The standard InChI is InChI=1S/C24H27N3O3/c1-3-14-27(17-22-13-8-15-30-22)24(29)25-18(2)20-11-7-12-21(16-20)26-23(28)19-9-5-4-6-10-19/h1,4-7,9-12,16,18,22H,8,13-15,17H2,2H3,(H,25,29)(H,26,28)/t18-,22+/m1/s1. The first-order chi connectivity index (χ1) is 14.6. The van der Waals surface area contributed by atoms with E-state index in [4.69, 9.17) is 11.2 Å². The van der Waals surface area contributed by atoms with Crippen molar-refractivity contribution < 1.29 is 14.3 Å². The number of anilines is 1. The molecule has 0 aromatic heterocycles. The van der Waals surface area contributed by atoms with Gasteiger partial charge in [-0.1, -0.05) is 36.3 Å². The molecule has 1 aliphatic heterocycles. The minimum absolute atomic E-state index is 0.0379. The van der Waals surface area contributed by atoms with Gasteiger partial charge in [0.15, 0.2) is 0 Å². The molecular formula is C24H27N3O3. The highest BCUT2D eigenvalue weighted by Gasteiger charge is 2.23. The van der Waals surface area contributed by atoms with Crippen molar-refractivity contribution in [3.05, 3.63) is 65.7 Å². The molecule has 3 amide bonds. The Balaban J connectivity index is 1.62. The van der Waals surface area contributed by atoms with E-state index in [0.717, 1.165) is 25.0 Å². The van der Waals surface area contributed by atoms with Gasteiger partial charge in [-0.15, -0.1) is 6.42 Å². The number of ether oxygens (including phenoxy) is 1. The lowest BCUT2D eigenvalue weighted by molar-refractivity contribution is 0.0842. The highest BCUT2D eigenvalue weighted by molar-refractivity contribution is 6.04. The van der Waals surface area contributed by atoms with Crippen LogP contribution in [0.5, 0.6) is 0 Å². The van der Waals surface area contributed by atoms with Gasteiger partial charge in [-0.25, -0.2) is 4.79 Å². The number of carbonyl (C=O) groups excluding carboxylic acids is 2. The molecule has 156 valence electrons. The Morgan fingerprint density at radius 3 is 2.73 bits per heavy atom. The van der Waals surface area contributed by atoms with E-state index in [9.17, 15) is 9.59 Å². The molecule has 3 rings (SSSR count). The maximum atomic E-state index is 12.7. The molecule has 30 heavy (non-hydrogen) atoms. The summed E-state index contributed by atoms with van der Waals surface area (Å²) in [6.07, 6.45) is 7.43. The summed E-state index contributed by atoms with van der Waals surface area (Å²) < 4.78 is 5.63. The SMILES string of the molecule is C#CCN(C[C@@H]1CCCO1)C(=O)N[C@H](C)c1cccc(NC(=O)c2ccccc2)c1. The molecule has 0 spiro atoms. The monoisotopic (exact) mass is 405 g/mol. The quantitative estimate of drug-likeness (QED) is 0.688. The van der Waals surface area contributed by atoms with Crippen molar-refractivity contribution >= 4 is 17.6 Å². The van der Waals surface area contributed by atoms with Gasteiger partial charge in [0.2, 0.25) is 0 Å². The zero-order valence-electron chi connectivity index (χ0n) is 17.1. The molecule has 0 aliphatic carbocycles. The first kappa shape index (κ1) is 21.4. The third kappa shape index (κ3) is 5.85. The van der Waals surface area contributed by atoms with Crippen LogP contribution in [0.15, 0.2) is 54.6 Å². The maximum Gasteiger partial charge on any atom is 0.318 e. The van der Waals surface area contributed by atoms with Gasteiger partial charge < -0.3 is 20.3 Å². The number of benzene rings is 2. The number of amides is 3. The molecule has 2 N–H and O–H groups in total. The summed E-state index contributed by atoms with van der Waals surface area (Å²) in [5.41, 5.74) is 2.14. The molecule has 6 nitrogen and oxygen atoms in total. The molecule has 0 unspecified atom stereocenters. The topological polar surface area (TPSA) is 70.7 Å². The Bertz CT molecular complexity index is 901. The van der Waals surface area contributed by atoms with E-state index >= 15 is 0 Å². The van der Waals surface area contributed by atoms with E-state index in [-0.39, 0.29) is 30.6 Å². The van der Waals surface area contributed by atoms with Gasteiger partial charge in [-0.2, -0.15) is 0 Å². The molecule has 0 saturated carbocycles. The third-order valence-corrected chi connectivity index (χ3v) is 5.04. The predicted molar refractivity (Wildman–Crippen MR) is 117 cm³/mol. The van der Waals surface area contributed by atoms with Crippen molar-refractivity contribution in [1.29, 1.82) is 0 Å². The van der Waals surface area contributed by atoms with Crippen molar-refractivity contribution in [2.24, 2.45) is 0 Å². The van der Waals surface area contributed by atoms with E-state index in [1.165, 1.54) is 0 Å². The van der Waals surface area contributed by atoms with Crippen LogP contribution in [0.3, 0.4) is 0 Å². The predicted octanol–water partition coefficient (Wildman–Crippen LogP) is 3.82. The van der Waals surface area contributed by atoms with Crippen LogP contribution in [0, 0.1) is 12.3 Å². The molecule has 2 aromatic carbocycles. The summed E-state index contributed by atoms with van der Waals surface area (Å²) in [7, 11) is 0. The number of hydrogen-bond acceptors (Lipinski definition) is 3. The van der Waals surface area contributed by atoms with Crippen LogP contribution in [0.4, 0.5) is 10.5 Å². The first-order valence-corrected chi connectivity index (χ1v) is 10.1. The molecule has 1 aliphatic rings. The number of hydrogen-bond donors (Lipinski definition) is 2. The van der Waals surface area contributed by atoms with E-state index in [2.05, 4.69) is 16.6 Å². The fraction of sp³-hybridized carbons (Fsp3) is 0.333. The molecule has 0 bridgehead atoms. The highest BCUT2D eigenvalue weighted by atomic mass is 16.5. The van der Waals surface area contributed by atoms with Crippen LogP contribution in [-0.4, -0.2) is 42.6 Å². The Kier molecular flexibility index (Phi) is 7.47. The number of nitrogens with one attached hydrogen (secondary N) is 2. The summed E-state index contributed by atoms with van der Waals surface area (Å²) in [5, 5.41) is 5.88. The summed E-state index contributed by atoms with van der Waals surface area (Å²) in [6, 6.07) is 16.0. The molecule has 6 heteroatoms. The van der Waals surface area contributed by atoms with Gasteiger partial charge in [-0.3, -0.25) is 4.79 Å². The molecular weight excluding hydrogens is 378 g/mol. The van der Waals surface area contributed by atoms with E-state index in [1.54, 1.807) is 17.0 Å². The summed E-state index contributed by atoms with van der Waals surface area (Å²) in [6.45, 7) is 3.34. The second kappa shape index (κ2) is 10.5. The molecule has 0 radical (unpaired) electrons. The van der Waals surface area contributed by atoms with Crippen LogP contribution in [0.2, 0.25) is 0 Å². The lowest BCUT2D eigenvalue weighted by Gasteiger charge is -2.26. The van der Waals surface area contributed by atoms with Crippen molar-refractivity contribution in [3.63, 3.8) is 0 Å². The Morgan fingerprint density at radius 1 is 1.23 bits per heavy atom. The largest absolute Gasteiger partial charge is 0.376 e. The fourth-order valence-corrected chi connectivity index (χ4v) is 3.40. The van der Waals surface area contributed by atoms with Crippen molar-refractivity contribution in [2.75, 3.05) is 25.0 Å². The summed E-state index contributed by atoms with van der Waals surface area (Å²) in [4.78, 5) is 26.7. The molecule has 1 fully saturated rings. The smallest absolute Gasteiger partial charge is 0.318 e. The normalized spacial score (nSPS) is 16.3. The minimum Gasteiger partial charge on any atom is -0.376 e. The lowest BCUT2D eigenvalue weighted by Crippen LogP contribution is -2.44. The summed E-state index contributed by atoms with van der Waals surface area (Å²) in [5.74, 6) is 2.36. The lowest BCUT2D eigenvalue weighted by atomic mass is 10.1. The molecule has 1 heterocycles. The van der Waals surface area contributed by atoms with E-state index < -0.39 is 0 Å². The molecule has 1 saturated heterocycles. The number of urea groups is 1. The van der Waals surface area contributed by atoms with Gasteiger partial charge in [0.1, 0.15) is 0 Å². The van der Waals surface area contributed by atoms with E-state index in [1.807, 2.05) is 49.4 Å². The van der Waals surface area contributed by atoms with Crippen LogP contribution < -0.4 is 10.6 Å². The van der Waals surface area contributed by atoms with Crippen molar-refractivity contribution in [3.8, 4) is 12.3 Å². The first-order valence-electron chi connectivity index (χ1n) is 10.1. The molecule has 2 aromatic rings. The van der Waals surface area contributed by atoms with Gasteiger partial charge in [0, 0.05) is 24.4 Å². The van der Waals surface area contributed by atoms with Crippen LogP contribution in [-0.2, 0) is 4.74 Å². The average molecular weight is 405 g/mol. The van der Waals surface area contributed by atoms with E-state index in [0.29, 0.717) is 17.8 Å². The maximum absolute atomic E-state index is 12.7. The molecule has 2 atom stereocenters. The second-order valence-electron chi connectivity index (χ2n) is 7.34. The van der Waals surface area contributed by atoms with Gasteiger partial charge in [0.25, 0.3) is 5.91 Å². The number of carbonyl (C=O) groups is 2. The fourth-order valence-electron chi connectivity index (χ4n) is 3.40. The second-order valence-corrected chi connectivity index (χ2v) is 7.34. The number of rotatable bonds is 7. The zero-order chi connectivity index (χ0) is 21.3. The van der Waals surface area contributed by atoms with Gasteiger partial charge >= 0.3 is 6.03 Å². The Labute approximate surface area is 177 Å². The van der Waals surface area contributed by atoms with Crippen molar-refractivity contribution in [1.82, 2.24) is 10.2 Å². The van der Waals surface area contributed by atoms with Gasteiger partial charge in [0.05, 0.1) is 18.7 Å². The Morgan fingerprint density at radius 2 is 2.03 bits per heavy atom. The van der Waals surface area contributed by atoms with Gasteiger partial charge in [-0.05, 0) is 49.6 Å². The number of terminal acetylenes is 1. The van der Waals surface area contributed by atoms with Crippen LogP contribution >= 0.6 is 0 Å². The Hall–Kier alpha value is -3.30.